The molecule has 1 aliphatic rings. The lowest BCUT2D eigenvalue weighted by Gasteiger charge is -2.43. The fourth-order valence-electron chi connectivity index (χ4n) is 6.52. The molecule has 0 amide bonds. The molecule has 1 unspecified atom stereocenters. The van der Waals surface area contributed by atoms with Crippen LogP contribution in [-0.4, -0.2) is 33.9 Å². The smallest absolute Gasteiger partial charge is 0.261 e. The van der Waals surface area contributed by atoms with Gasteiger partial charge in [-0.25, -0.2) is 0 Å². The standard InChI is InChI=1S/C41H64O3Si/c1-5-6-28-37(44-40-34-25-27-35-42-40)29-20-16-14-12-10-8-7-9-11-13-15-17-26-36-43-45(41(2,3)4,38-30-21-18-22-31-38)39-32-23-19-24-33-39/h11,13,18-24,29-33,37,40H,5-10,12,14-17,25-28,34-36H2,1-4H3/t37-,40?/m1/s1. The summed E-state index contributed by atoms with van der Waals surface area (Å²) in [5.74, 6) is 0. The van der Waals surface area contributed by atoms with E-state index in [1.54, 1.807) is 0 Å². The minimum Gasteiger partial charge on any atom is -0.407 e. The Hall–Kier alpha value is -1.98. The Morgan fingerprint density at radius 2 is 1.33 bits per heavy atom. The van der Waals surface area contributed by atoms with Crippen molar-refractivity contribution in [3.05, 3.63) is 85.0 Å². The summed E-state index contributed by atoms with van der Waals surface area (Å²) in [7, 11) is -2.41. The Balaban J connectivity index is 1.26. The van der Waals surface area contributed by atoms with Crippen molar-refractivity contribution >= 4 is 18.7 Å². The van der Waals surface area contributed by atoms with Crippen molar-refractivity contribution in [1.82, 2.24) is 0 Å². The van der Waals surface area contributed by atoms with Gasteiger partial charge in [0.1, 0.15) is 0 Å². The van der Waals surface area contributed by atoms with Crippen molar-refractivity contribution in [2.75, 3.05) is 13.2 Å². The van der Waals surface area contributed by atoms with Gasteiger partial charge in [-0.15, -0.1) is 0 Å². The molecular weight excluding hydrogens is 569 g/mol. The first kappa shape index (κ1) is 37.5. The van der Waals surface area contributed by atoms with Gasteiger partial charge >= 0.3 is 0 Å². The SMILES string of the molecule is CCCC[C@H](C=CCCCCCCCC=CCCCCO[Si](c1ccccc1)(c1ccccc1)C(C)(C)C)OC1CCCCO1. The molecule has 3 rings (SSSR count). The van der Waals surface area contributed by atoms with E-state index in [0.29, 0.717) is 0 Å². The van der Waals surface area contributed by atoms with Crippen molar-refractivity contribution in [2.45, 2.75) is 148 Å². The maximum atomic E-state index is 7.03. The number of hydrogen-bond donors (Lipinski definition) is 0. The Morgan fingerprint density at radius 1 is 0.756 bits per heavy atom. The quantitative estimate of drug-likeness (QED) is 0.0734. The molecule has 0 radical (unpaired) electrons. The largest absolute Gasteiger partial charge is 0.407 e. The van der Waals surface area contributed by atoms with E-state index in [9.17, 15) is 0 Å². The van der Waals surface area contributed by atoms with Gasteiger partial charge in [0.05, 0.1) is 6.10 Å². The highest BCUT2D eigenvalue weighted by atomic mass is 28.4. The highest BCUT2D eigenvalue weighted by Crippen LogP contribution is 2.36. The first-order valence-electron chi connectivity index (χ1n) is 18.3. The van der Waals surface area contributed by atoms with Crippen LogP contribution in [0.3, 0.4) is 0 Å². The summed E-state index contributed by atoms with van der Waals surface area (Å²) in [4.78, 5) is 0. The Labute approximate surface area is 278 Å². The molecule has 0 aromatic heterocycles. The molecular formula is C41H64O3Si. The predicted octanol–water partition coefficient (Wildman–Crippen LogP) is 10.7. The number of allylic oxidation sites excluding steroid dienone is 3. The lowest BCUT2D eigenvalue weighted by Crippen LogP contribution is -2.66. The summed E-state index contributed by atoms with van der Waals surface area (Å²) in [6, 6.07) is 22.0. The minimum atomic E-state index is -2.41. The van der Waals surface area contributed by atoms with Crippen LogP contribution in [0.4, 0.5) is 0 Å². The molecule has 0 bridgehead atoms. The molecule has 0 spiro atoms. The van der Waals surface area contributed by atoms with Crippen LogP contribution in [0.2, 0.25) is 5.04 Å². The zero-order valence-corrected chi connectivity index (χ0v) is 30.2. The van der Waals surface area contributed by atoms with E-state index in [1.165, 1.54) is 81.0 Å². The van der Waals surface area contributed by atoms with Crippen molar-refractivity contribution in [2.24, 2.45) is 0 Å². The van der Waals surface area contributed by atoms with Gasteiger partial charge in [-0.05, 0) is 86.0 Å². The molecule has 2 aromatic carbocycles. The van der Waals surface area contributed by atoms with Gasteiger partial charge in [0.2, 0.25) is 0 Å². The van der Waals surface area contributed by atoms with Crippen molar-refractivity contribution < 1.29 is 13.9 Å². The molecule has 45 heavy (non-hydrogen) atoms. The van der Waals surface area contributed by atoms with E-state index in [-0.39, 0.29) is 17.4 Å². The zero-order valence-electron chi connectivity index (χ0n) is 29.2. The molecule has 2 atom stereocenters. The van der Waals surface area contributed by atoms with Crippen LogP contribution in [0.25, 0.3) is 0 Å². The zero-order chi connectivity index (χ0) is 32.1. The number of ether oxygens (including phenoxy) is 2. The molecule has 250 valence electrons. The minimum absolute atomic E-state index is 0.00778. The highest BCUT2D eigenvalue weighted by molar-refractivity contribution is 6.99. The highest BCUT2D eigenvalue weighted by Gasteiger charge is 2.49. The average molecular weight is 633 g/mol. The summed E-state index contributed by atoms with van der Waals surface area (Å²) >= 11 is 0. The Morgan fingerprint density at radius 3 is 1.89 bits per heavy atom. The van der Waals surface area contributed by atoms with Gasteiger partial charge in [0, 0.05) is 13.2 Å². The second kappa shape index (κ2) is 21.7. The second-order valence-electron chi connectivity index (χ2n) is 13.9. The number of unbranched alkanes of at least 4 members (excludes halogenated alkanes) is 9. The Bertz CT molecular complexity index is 1010. The third-order valence-electron chi connectivity index (χ3n) is 9.07. The molecule has 1 saturated heterocycles. The second-order valence-corrected chi connectivity index (χ2v) is 18.2. The van der Waals surface area contributed by atoms with Crippen LogP contribution in [-0.2, 0) is 13.9 Å². The van der Waals surface area contributed by atoms with E-state index in [0.717, 1.165) is 45.3 Å². The number of rotatable bonds is 22. The normalized spacial score (nSPS) is 16.9. The molecule has 1 fully saturated rings. The maximum Gasteiger partial charge on any atom is 0.261 e. The number of hydrogen-bond acceptors (Lipinski definition) is 3. The maximum absolute atomic E-state index is 7.03. The van der Waals surface area contributed by atoms with Crippen LogP contribution < -0.4 is 10.4 Å². The predicted molar refractivity (Wildman–Crippen MR) is 196 cm³/mol. The third-order valence-corrected chi connectivity index (χ3v) is 14.1. The molecule has 0 N–H and O–H groups in total. The van der Waals surface area contributed by atoms with Gasteiger partial charge in [-0.3, -0.25) is 0 Å². The van der Waals surface area contributed by atoms with Gasteiger partial charge in [-0.2, -0.15) is 0 Å². The topological polar surface area (TPSA) is 27.7 Å². The summed E-state index contributed by atoms with van der Waals surface area (Å²) in [6.45, 7) is 11.0. The van der Waals surface area contributed by atoms with Crippen LogP contribution >= 0.6 is 0 Å². The summed E-state index contributed by atoms with van der Waals surface area (Å²) in [5, 5.41) is 2.78. The van der Waals surface area contributed by atoms with Crippen LogP contribution in [0.5, 0.6) is 0 Å². The summed E-state index contributed by atoms with van der Waals surface area (Å²) in [6.07, 6.45) is 29.0. The van der Waals surface area contributed by atoms with Crippen molar-refractivity contribution in [3.8, 4) is 0 Å². The monoisotopic (exact) mass is 632 g/mol. The average Bonchev–Trinajstić information content (AvgIpc) is 3.05. The molecule has 2 aromatic rings. The fourth-order valence-corrected chi connectivity index (χ4v) is 11.1. The summed E-state index contributed by atoms with van der Waals surface area (Å²) < 4.78 is 19.1. The van der Waals surface area contributed by atoms with Crippen molar-refractivity contribution in [3.63, 3.8) is 0 Å². The van der Waals surface area contributed by atoms with Gasteiger partial charge < -0.3 is 13.9 Å². The van der Waals surface area contributed by atoms with Crippen LogP contribution in [0.15, 0.2) is 85.0 Å². The van der Waals surface area contributed by atoms with E-state index >= 15 is 0 Å². The van der Waals surface area contributed by atoms with E-state index in [4.69, 9.17) is 13.9 Å². The van der Waals surface area contributed by atoms with Crippen molar-refractivity contribution in [1.29, 1.82) is 0 Å². The fraction of sp³-hybridized carbons (Fsp3) is 0.610. The lowest BCUT2D eigenvalue weighted by atomic mass is 10.1. The van der Waals surface area contributed by atoms with Gasteiger partial charge in [0.15, 0.2) is 6.29 Å². The third kappa shape index (κ3) is 13.3. The van der Waals surface area contributed by atoms with E-state index < -0.39 is 8.32 Å². The van der Waals surface area contributed by atoms with Gasteiger partial charge in [-0.1, -0.05) is 145 Å². The molecule has 0 aliphatic carbocycles. The first-order chi connectivity index (χ1) is 22.0. The number of benzene rings is 2. The summed E-state index contributed by atoms with van der Waals surface area (Å²) in [5.41, 5.74) is 0. The molecule has 1 aliphatic heterocycles. The molecule has 1 heterocycles. The van der Waals surface area contributed by atoms with Crippen LogP contribution in [0, 0.1) is 0 Å². The van der Waals surface area contributed by atoms with Crippen LogP contribution in [0.1, 0.15) is 130 Å². The van der Waals surface area contributed by atoms with Gasteiger partial charge in [0.25, 0.3) is 8.32 Å². The lowest BCUT2D eigenvalue weighted by molar-refractivity contribution is -0.179. The first-order valence-corrected chi connectivity index (χ1v) is 20.2. The molecule has 4 heteroatoms. The van der Waals surface area contributed by atoms with E-state index in [1.807, 2.05) is 0 Å². The Kier molecular flexibility index (Phi) is 18.1. The molecule has 3 nitrogen and oxygen atoms in total. The van der Waals surface area contributed by atoms with E-state index in [2.05, 4.69) is 113 Å². The molecule has 0 saturated carbocycles.